The Hall–Kier alpha value is -2.47. The summed E-state index contributed by atoms with van der Waals surface area (Å²) in [6, 6.07) is 13.1. The molecule has 0 saturated carbocycles. The second kappa shape index (κ2) is 5.27. The van der Waals surface area contributed by atoms with Gasteiger partial charge in [-0.15, -0.1) is 0 Å². The van der Waals surface area contributed by atoms with Crippen LogP contribution in [0.2, 0.25) is 0 Å². The number of hydrogen-bond acceptors (Lipinski definition) is 3. The van der Waals surface area contributed by atoms with E-state index in [0.29, 0.717) is 22.9 Å². The first-order chi connectivity index (χ1) is 11.4. The molecule has 1 aliphatic heterocycles. The number of aromatic amines is 1. The van der Waals surface area contributed by atoms with Gasteiger partial charge in [0, 0.05) is 36.5 Å². The number of benzene rings is 2. The van der Waals surface area contributed by atoms with Crippen LogP contribution in [-0.2, 0) is 0 Å². The normalized spacial score (nSPS) is 14.8. The van der Waals surface area contributed by atoms with Crippen molar-refractivity contribution in [3.8, 4) is 11.5 Å². The molecule has 0 saturated heterocycles. The SMILES string of the molecule is CC1(C)Oc2ccc(NC(=O)c3[nH]c4ccccc4c3Br)cc2O1. The van der Waals surface area contributed by atoms with E-state index in [4.69, 9.17) is 9.47 Å². The van der Waals surface area contributed by atoms with Crippen molar-refractivity contribution in [2.75, 3.05) is 5.32 Å². The molecule has 1 aromatic heterocycles. The van der Waals surface area contributed by atoms with E-state index in [-0.39, 0.29) is 5.91 Å². The summed E-state index contributed by atoms with van der Waals surface area (Å²) in [5.74, 6) is 0.375. The minimum absolute atomic E-state index is 0.226. The van der Waals surface area contributed by atoms with Gasteiger partial charge in [-0.2, -0.15) is 0 Å². The molecule has 0 radical (unpaired) electrons. The minimum Gasteiger partial charge on any atom is -0.449 e. The Bertz CT molecular complexity index is 962. The Labute approximate surface area is 147 Å². The van der Waals surface area contributed by atoms with Gasteiger partial charge < -0.3 is 19.8 Å². The highest BCUT2D eigenvalue weighted by Gasteiger charge is 2.31. The first kappa shape index (κ1) is 15.1. The second-order valence-corrected chi connectivity index (χ2v) is 6.87. The predicted molar refractivity (Wildman–Crippen MR) is 95.7 cm³/mol. The van der Waals surface area contributed by atoms with Crippen LogP contribution in [0.4, 0.5) is 5.69 Å². The molecule has 6 heteroatoms. The molecule has 2 aromatic carbocycles. The third kappa shape index (κ3) is 2.53. The number of fused-ring (bicyclic) bond motifs is 2. The van der Waals surface area contributed by atoms with E-state index < -0.39 is 5.79 Å². The van der Waals surface area contributed by atoms with Gasteiger partial charge in [0.25, 0.3) is 5.91 Å². The van der Waals surface area contributed by atoms with E-state index in [0.717, 1.165) is 15.4 Å². The molecular weight excluding hydrogens is 372 g/mol. The van der Waals surface area contributed by atoms with E-state index in [9.17, 15) is 4.79 Å². The van der Waals surface area contributed by atoms with Crippen molar-refractivity contribution >= 4 is 38.4 Å². The number of amides is 1. The monoisotopic (exact) mass is 386 g/mol. The highest BCUT2D eigenvalue weighted by Crippen LogP contribution is 2.40. The maximum Gasteiger partial charge on any atom is 0.273 e. The molecule has 5 nitrogen and oxygen atoms in total. The predicted octanol–water partition coefficient (Wildman–Crippen LogP) is 4.69. The Kier molecular flexibility index (Phi) is 3.31. The molecule has 1 amide bonds. The van der Waals surface area contributed by atoms with Crippen LogP contribution in [0.15, 0.2) is 46.9 Å². The van der Waals surface area contributed by atoms with Crippen molar-refractivity contribution in [3.05, 3.63) is 52.6 Å². The van der Waals surface area contributed by atoms with Crippen LogP contribution in [0.3, 0.4) is 0 Å². The average molecular weight is 387 g/mol. The van der Waals surface area contributed by atoms with Crippen molar-refractivity contribution in [2.24, 2.45) is 0 Å². The van der Waals surface area contributed by atoms with Gasteiger partial charge in [0.1, 0.15) is 5.69 Å². The zero-order valence-electron chi connectivity index (χ0n) is 13.1. The topological polar surface area (TPSA) is 63.3 Å². The Morgan fingerprint density at radius 2 is 1.88 bits per heavy atom. The lowest BCUT2D eigenvalue weighted by atomic mass is 10.2. The molecule has 0 spiro atoms. The number of para-hydroxylation sites is 1. The molecule has 0 unspecified atom stereocenters. The molecular formula is C18H15BrN2O3. The van der Waals surface area contributed by atoms with Gasteiger partial charge in [0.2, 0.25) is 5.79 Å². The lowest BCUT2D eigenvalue weighted by Gasteiger charge is -2.16. The third-order valence-corrected chi connectivity index (χ3v) is 4.61. The van der Waals surface area contributed by atoms with Crippen molar-refractivity contribution in [2.45, 2.75) is 19.6 Å². The Morgan fingerprint density at radius 3 is 2.67 bits per heavy atom. The minimum atomic E-state index is -0.689. The summed E-state index contributed by atoms with van der Waals surface area (Å²) in [6.45, 7) is 3.68. The third-order valence-electron chi connectivity index (χ3n) is 3.78. The van der Waals surface area contributed by atoms with Crippen molar-refractivity contribution in [1.29, 1.82) is 0 Å². The van der Waals surface area contributed by atoms with Crippen LogP contribution in [-0.4, -0.2) is 16.7 Å². The number of nitrogens with one attached hydrogen (secondary N) is 2. The van der Waals surface area contributed by atoms with Gasteiger partial charge in [-0.1, -0.05) is 18.2 Å². The number of ether oxygens (including phenoxy) is 2. The van der Waals surface area contributed by atoms with Crippen LogP contribution in [0.5, 0.6) is 11.5 Å². The lowest BCUT2D eigenvalue weighted by Crippen LogP contribution is -2.29. The molecule has 0 fully saturated rings. The van der Waals surface area contributed by atoms with Gasteiger partial charge >= 0.3 is 0 Å². The quantitative estimate of drug-likeness (QED) is 0.671. The summed E-state index contributed by atoms with van der Waals surface area (Å²) in [6.07, 6.45) is 0. The molecule has 2 heterocycles. The van der Waals surface area contributed by atoms with Gasteiger partial charge in [-0.3, -0.25) is 4.79 Å². The summed E-state index contributed by atoms with van der Waals surface area (Å²) in [5, 5.41) is 3.85. The van der Waals surface area contributed by atoms with Gasteiger partial charge in [-0.25, -0.2) is 0 Å². The van der Waals surface area contributed by atoms with E-state index in [1.807, 2.05) is 38.1 Å². The van der Waals surface area contributed by atoms with E-state index in [1.54, 1.807) is 18.2 Å². The molecule has 0 bridgehead atoms. The zero-order chi connectivity index (χ0) is 16.9. The van der Waals surface area contributed by atoms with Crippen LogP contribution < -0.4 is 14.8 Å². The van der Waals surface area contributed by atoms with Gasteiger partial charge in [-0.05, 0) is 34.1 Å². The van der Waals surface area contributed by atoms with E-state index in [1.165, 1.54) is 0 Å². The number of carbonyl (C=O) groups excluding carboxylic acids is 1. The fourth-order valence-corrected chi connectivity index (χ4v) is 3.38. The zero-order valence-corrected chi connectivity index (χ0v) is 14.7. The number of aromatic nitrogens is 1. The molecule has 4 rings (SSSR count). The smallest absolute Gasteiger partial charge is 0.273 e. The number of halogens is 1. The summed E-state index contributed by atoms with van der Waals surface area (Å²) >= 11 is 3.49. The molecule has 122 valence electrons. The lowest BCUT2D eigenvalue weighted by molar-refractivity contribution is -0.0431. The maximum atomic E-state index is 12.6. The molecule has 24 heavy (non-hydrogen) atoms. The van der Waals surface area contributed by atoms with E-state index in [2.05, 4.69) is 26.2 Å². The van der Waals surface area contributed by atoms with Crippen molar-refractivity contribution in [1.82, 2.24) is 4.98 Å². The first-order valence-corrected chi connectivity index (χ1v) is 8.32. The van der Waals surface area contributed by atoms with Crippen LogP contribution in [0.25, 0.3) is 10.9 Å². The Balaban J connectivity index is 1.62. The molecule has 0 aliphatic carbocycles. The highest BCUT2D eigenvalue weighted by molar-refractivity contribution is 9.10. The number of H-pyrrole nitrogens is 1. The number of anilines is 1. The molecule has 3 aromatic rings. The van der Waals surface area contributed by atoms with Crippen LogP contribution >= 0.6 is 15.9 Å². The summed E-state index contributed by atoms with van der Waals surface area (Å²) in [4.78, 5) is 15.7. The fourth-order valence-electron chi connectivity index (χ4n) is 2.76. The van der Waals surface area contributed by atoms with Gasteiger partial charge in [0.05, 0.1) is 4.47 Å². The number of rotatable bonds is 2. The second-order valence-electron chi connectivity index (χ2n) is 6.08. The summed E-state index contributed by atoms with van der Waals surface area (Å²) in [5.41, 5.74) is 2.03. The van der Waals surface area contributed by atoms with Crippen molar-refractivity contribution < 1.29 is 14.3 Å². The largest absolute Gasteiger partial charge is 0.449 e. The maximum absolute atomic E-state index is 12.6. The average Bonchev–Trinajstić information content (AvgIpc) is 3.03. The first-order valence-electron chi connectivity index (χ1n) is 7.52. The molecule has 0 atom stereocenters. The van der Waals surface area contributed by atoms with Gasteiger partial charge in [0.15, 0.2) is 11.5 Å². The summed E-state index contributed by atoms with van der Waals surface area (Å²) < 4.78 is 12.1. The number of carbonyl (C=O) groups is 1. The van der Waals surface area contributed by atoms with Crippen LogP contribution in [0, 0.1) is 0 Å². The van der Waals surface area contributed by atoms with Crippen LogP contribution in [0.1, 0.15) is 24.3 Å². The molecule has 1 aliphatic rings. The fraction of sp³-hybridized carbons (Fsp3) is 0.167. The standard InChI is InChI=1S/C18H15BrN2O3/c1-18(2)23-13-8-7-10(9-14(13)24-18)20-17(22)16-15(19)11-5-3-4-6-12(11)21-16/h3-9,21H,1-2H3,(H,20,22). The Morgan fingerprint density at radius 1 is 1.12 bits per heavy atom. The molecule has 2 N–H and O–H groups in total. The van der Waals surface area contributed by atoms with Crippen molar-refractivity contribution in [3.63, 3.8) is 0 Å². The van der Waals surface area contributed by atoms with E-state index >= 15 is 0 Å². The number of hydrogen-bond donors (Lipinski definition) is 2. The summed E-state index contributed by atoms with van der Waals surface area (Å²) in [7, 11) is 0. The highest BCUT2D eigenvalue weighted by atomic mass is 79.9.